The third-order valence-electron chi connectivity index (χ3n) is 5.94. The first-order valence-electron chi connectivity index (χ1n) is 11.3. The van der Waals surface area contributed by atoms with Crippen molar-refractivity contribution in [1.82, 2.24) is 19.8 Å². The average molecular weight is 436 g/mol. The van der Waals surface area contributed by atoms with E-state index < -0.39 is 0 Å². The van der Waals surface area contributed by atoms with Gasteiger partial charge >= 0.3 is 0 Å². The first kappa shape index (κ1) is 22.3. The summed E-state index contributed by atoms with van der Waals surface area (Å²) >= 11 is 0. The highest BCUT2D eigenvalue weighted by atomic mass is 16.5. The van der Waals surface area contributed by atoms with Crippen LogP contribution >= 0.6 is 0 Å². The molecule has 170 valence electrons. The van der Waals surface area contributed by atoms with Crippen molar-refractivity contribution in [2.45, 2.75) is 19.5 Å². The maximum absolute atomic E-state index is 5.70. The average Bonchev–Trinajstić information content (AvgIpc) is 3.46. The lowest BCUT2D eigenvalue weighted by atomic mass is 10.1. The van der Waals surface area contributed by atoms with Crippen molar-refractivity contribution in [3.05, 3.63) is 66.0 Å². The van der Waals surface area contributed by atoms with E-state index >= 15 is 0 Å². The van der Waals surface area contributed by atoms with E-state index in [2.05, 4.69) is 61.2 Å². The van der Waals surface area contributed by atoms with Crippen LogP contribution in [0.2, 0.25) is 0 Å². The lowest BCUT2D eigenvalue weighted by Crippen LogP contribution is -2.39. The fourth-order valence-electron chi connectivity index (χ4n) is 4.16. The second kappa shape index (κ2) is 11.1. The summed E-state index contributed by atoms with van der Waals surface area (Å²) in [6.45, 7) is 5.65. The zero-order valence-corrected chi connectivity index (χ0v) is 19.0. The number of rotatable bonds is 9. The Labute approximate surface area is 190 Å². The molecule has 4 rings (SSSR count). The molecule has 0 saturated carbocycles. The van der Waals surface area contributed by atoms with E-state index in [4.69, 9.17) is 9.47 Å². The number of aromatic nitrogens is 2. The summed E-state index contributed by atoms with van der Waals surface area (Å²) in [6, 6.07) is 17.0. The summed E-state index contributed by atoms with van der Waals surface area (Å²) < 4.78 is 12.9. The lowest BCUT2D eigenvalue weighted by Gasteiger charge is -2.22. The van der Waals surface area contributed by atoms with Crippen LogP contribution < -0.4 is 5.32 Å². The number of ether oxygens (including phenoxy) is 2. The Kier molecular flexibility index (Phi) is 7.74. The van der Waals surface area contributed by atoms with E-state index in [1.54, 1.807) is 7.11 Å². The molecule has 32 heavy (non-hydrogen) atoms. The molecule has 3 aromatic rings. The van der Waals surface area contributed by atoms with E-state index in [-0.39, 0.29) is 0 Å². The zero-order valence-electron chi connectivity index (χ0n) is 19.0. The van der Waals surface area contributed by atoms with Gasteiger partial charge in [-0.1, -0.05) is 36.4 Å². The van der Waals surface area contributed by atoms with Crippen LogP contribution in [0.5, 0.6) is 0 Å². The Hall–Kier alpha value is -2.90. The van der Waals surface area contributed by atoms with Gasteiger partial charge in [-0.3, -0.25) is 4.99 Å². The molecule has 1 unspecified atom stereocenters. The molecule has 1 atom stereocenters. The summed E-state index contributed by atoms with van der Waals surface area (Å²) in [5, 5.41) is 3.51. The molecule has 1 N–H and O–H groups in total. The molecular formula is C25H33N5O2. The molecule has 0 bridgehead atoms. The van der Waals surface area contributed by atoms with Gasteiger partial charge in [-0.05, 0) is 29.7 Å². The van der Waals surface area contributed by atoms with E-state index in [0.29, 0.717) is 19.1 Å². The Bertz CT molecular complexity index is 1010. The molecule has 1 aliphatic rings. The van der Waals surface area contributed by atoms with Gasteiger partial charge in [-0.2, -0.15) is 0 Å². The Morgan fingerprint density at radius 3 is 2.75 bits per heavy atom. The monoisotopic (exact) mass is 435 g/mol. The second-order valence-corrected chi connectivity index (χ2v) is 8.25. The second-order valence-electron chi connectivity index (χ2n) is 8.25. The molecule has 2 aromatic carbocycles. The van der Waals surface area contributed by atoms with E-state index in [1.807, 2.05) is 25.5 Å². The van der Waals surface area contributed by atoms with Gasteiger partial charge in [0.1, 0.15) is 0 Å². The zero-order chi connectivity index (χ0) is 22.2. The van der Waals surface area contributed by atoms with E-state index in [0.717, 1.165) is 56.2 Å². The molecule has 1 aliphatic heterocycles. The number of nitrogens with one attached hydrogen (secondary N) is 1. The Morgan fingerprint density at radius 1 is 1.12 bits per heavy atom. The number of likely N-dealkylation sites (tertiary alicyclic amines) is 1. The number of hydrogen-bond acceptors (Lipinski definition) is 4. The van der Waals surface area contributed by atoms with Crippen molar-refractivity contribution < 1.29 is 9.47 Å². The molecule has 7 nitrogen and oxygen atoms in total. The van der Waals surface area contributed by atoms with Crippen LogP contribution in [0, 0.1) is 5.92 Å². The quantitative estimate of drug-likeness (QED) is 0.318. The normalized spacial score (nSPS) is 16.8. The van der Waals surface area contributed by atoms with Gasteiger partial charge in [-0.25, -0.2) is 4.98 Å². The summed E-state index contributed by atoms with van der Waals surface area (Å²) in [6.07, 6.45) is 3.04. The first-order chi connectivity index (χ1) is 15.8. The standard InChI is InChI=1S/C25H33N5O2/c1-26-25(29-12-11-22(17-29)18-32-14-13-31-2)27-15-20-7-9-21(10-8-20)16-30-19-28-23-5-3-4-6-24(23)30/h3-10,19,22H,11-18H2,1-2H3,(H,26,27). The third kappa shape index (κ3) is 5.66. The van der Waals surface area contributed by atoms with Crippen molar-refractivity contribution in [1.29, 1.82) is 0 Å². The highest BCUT2D eigenvalue weighted by molar-refractivity contribution is 5.80. The summed E-state index contributed by atoms with van der Waals surface area (Å²) in [5.74, 6) is 1.50. The molecule has 1 fully saturated rings. The van der Waals surface area contributed by atoms with Crippen molar-refractivity contribution in [2.75, 3.05) is 47.1 Å². The van der Waals surface area contributed by atoms with Gasteiger partial charge in [-0.15, -0.1) is 0 Å². The minimum Gasteiger partial charge on any atom is -0.382 e. The summed E-state index contributed by atoms with van der Waals surface area (Å²) in [5.41, 5.74) is 4.70. The molecular weight excluding hydrogens is 402 g/mol. The van der Waals surface area contributed by atoms with Crippen LogP contribution in [0.15, 0.2) is 59.9 Å². The topological polar surface area (TPSA) is 63.9 Å². The molecule has 0 spiro atoms. The molecule has 0 radical (unpaired) electrons. The van der Waals surface area contributed by atoms with Crippen LogP contribution in [-0.4, -0.2) is 67.5 Å². The molecule has 0 amide bonds. The van der Waals surface area contributed by atoms with Crippen molar-refractivity contribution >= 4 is 17.0 Å². The maximum Gasteiger partial charge on any atom is 0.193 e. The molecule has 2 heterocycles. The number of benzene rings is 2. The molecule has 1 aromatic heterocycles. The van der Waals surface area contributed by atoms with Crippen LogP contribution in [-0.2, 0) is 22.6 Å². The lowest BCUT2D eigenvalue weighted by molar-refractivity contribution is 0.0536. The smallest absolute Gasteiger partial charge is 0.193 e. The predicted octanol–water partition coefficient (Wildman–Crippen LogP) is 3.14. The first-order valence-corrected chi connectivity index (χ1v) is 11.3. The van der Waals surface area contributed by atoms with E-state index in [9.17, 15) is 0 Å². The summed E-state index contributed by atoms with van der Waals surface area (Å²) in [4.78, 5) is 11.3. The third-order valence-corrected chi connectivity index (χ3v) is 5.94. The fourth-order valence-corrected chi connectivity index (χ4v) is 4.16. The SMILES string of the molecule is CN=C(NCc1ccc(Cn2cnc3ccccc32)cc1)N1CCC(COCCOC)C1. The number of para-hydroxylation sites is 2. The highest BCUT2D eigenvalue weighted by Gasteiger charge is 2.24. The number of guanidine groups is 1. The highest BCUT2D eigenvalue weighted by Crippen LogP contribution is 2.17. The van der Waals surface area contributed by atoms with Gasteiger partial charge < -0.3 is 24.3 Å². The number of nitrogens with zero attached hydrogens (tertiary/aromatic N) is 4. The molecule has 7 heteroatoms. The number of hydrogen-bond donors (Lipinski definition) is 1. The van der Waals surface area contributed by atoms with Crippen LogP contribution in [0.4, 0.5) is 0 Å². The van der Waals surface area contributed by atoms with Crippen LogP contribution in [0.3, 0.4) is 0 Å². The minimum atomic E-state index is 0.545. The number of methoxy groups -OCH3 is 1. The Morgan fingerprint density at radius 2 is 1.94 bits per heavy atom. The van der Waals surface area contributed by atoms with Gasteiger partial charge in [0.15, 0.2) is 5.96 Å². The maximum atomic E-state index is 5.70. The van der Waals surface area contributed by atoms with E-state index in [1.165, 1.54) is 11.1 Å². The number of aliphatic imine (C=N–C) groups is 1. The fraction of sp³-hybridized carbons (Fsp3) is 0.440. The van der Waals surface area contributed by atoms with Crippen LogP contribution in [0.1, 0.15) is 17.5 Å². The largest absolute Gasteiger partial charge is 0.382 e. The van der Waals surface area contributed by atoms with Crippen molar-refractivity contribution in [2.24, 2.45) is 10.9 Å². The van der Waals surface area contributed by atoms with Gasteiger partial charge in [0.05, 0.1) is 37.2 Å². The van der Waals surface area contributed by atoms with Gasteiger partial charge in [0.25, 0.3) is 0 Å². The van der Waals surface area contributed by atoms with Gasteiger partial charge in [0, 0.05) is 46.3 Å². The number of imidazole rings is 1. The van der Waals surface area contributed by atoms with Crippen LogP contribution in [0.25, 0.3) is 11.0 Å². The van der Waals surface area contributed by atoms with Gasteiger partial charge in [0.2, 0.25) is 0 Å². The van der Waals surface area contributed by atoms with Crippen molar-refractivity contribution in [3.8, 4) is 0 Å². The molecule has 0 aliphatic carbocycles. The minimum absolute atomic E-state index is 0.545. The molecule has 1 saturated heterocycles. The summed E-state index contributed by atoms with van der Waals surface area (Å²) in [7, 11) is 3.55. The Balaban J connectivity index is 1.26. The predicted molar refractivity (Wildman–Crippen MR) is 128 cm³/mol. The number of fused-ring (bicyclic) bond motifs is 1. The van der Waals surface area contributed by atoms with Crippen molar-refractivity contribution in [3.63, 3.8) is 0 Å².